The fraction of sp³-hybridized carbons (Fsp3) is 1.00. The molecule has 3 aliphatic rings. The Labute approximate surface area is 121 Å². The summed E-state index contributed by atoms with van der Waals surface area (Å²) >= 11 is 0. The topological polar surface area (TPSA) is 69.0 Å². The lowest BCUT2D eigenvalue weighted by molar-refractivity contribution is -0.121. The van der Waals surface area contributed by atoms with E-state index < -0.39 is 5.72 Å². The molecule has 112 valence electrons. The van der Waals surface area contributed by atoms with Crippen LogP contribution in [0.2, 0.25) is 0 Å². The highest BCUT2D eigenvalue weighted by molar-refractivity contribution is 5.00. The third kappa shape index (κ3) is 2.44. The molecule has 0 saturated heterocycles. The Hall–Kier alpha value is -0.730. The van der Waals surface area contributed by atoms with Crippen molar-refractivity contribution >= 4 is 0 Å². The smallest absolute Gasteiger partial charge is 0.144 e. The summed E-state index contributed by atoms with van der Waals surface area (Å²) in [5.41, 5.74) is 7.62. The predicted molar refractivity (Wildman–Crippen MR) is 78.8 cm³/mol. The maximum absolute atomic E-state index is 10.8. The van der Waals surface area contributed by atoms with Crippen LogP contribution in [0.3, 0.4) is 0 Å². The molecular formula is C16H27N3O. The van der Waals surface area contributed by atoms with Gasteiger partial charge in [-0.25, -0.2) is 0 Å². The van der Waals surface area contributed by atoms with Crippen molar-refractivity contribution in [2.45, 2.75) is 70.4 Å². The van der Waals surface area contributed by atoms with Crippen molar-refractivity contribution in [3.63, 3.8) is 0 Å². The molecule has 0 aromatic heterocycles. The minimum absolute atomic E-state index is 0.183. The van der Waals surface area contributed by atoms with Gasteiger partial charge < -0.3 is 5.11 Å². The number of fused-ring (bicyclic) bond motifs is 2. The number of hydrogen-bond acceptors (Lipinski definition) is 2. The summed E-state index contributed by atoms with van der Waals surface area (Å²) in [4.78, 5) is 2.93. The van der Waals surface area contributed by atoms with Crippen LogP contribution in [0.15, 0.2) is 5.11 Å². The summed E-state index contributed by atoms with van der Waals surface area (Å²) < 4.78 is 0. The van der Waals surface area contributed by atoms with Crippen LogP contribution in [-0.2, 0) is 0 Å². The van der Waals surface area contributed by atoms with E-state index in [-0.39, 0.29) is 5.92 Å². The van der Waals surface area contributed by atoms with Gasteiger partial charge in [0.2, 0.25) is 0 Å². The van der Waals surface area contributed by atoms with Crippen LogP contribution in [0, 0.1) is 29.6 Å². The van der Waals surface area contributed by atoms with Crippen LogP contribution in [0.5, 0.6) is 0 Å². The lowest BCUT2D eigenvalue weighted by Crippen LogP contribution is -2.52. The Morgan fingerprint density at radius 2 is 1.50 bits per heavy atom. The first-order valence-electron chi connectivity index (χ1n) is 8.42. The fourth-order valence-electron chi connectivity index (χ4n) is 5.68. The number of nitrogens with zero attached hydrogens (tertiary/aromatic N) is 3. The number of hydrogen-bond donors (Lipinski definition) is 1. The molecule has 4 nitrogen and oxygen atoms in total. The molecular weight excluding hydrogens is 250 g/mol. The molecule has 20 heavy (non-hydrogen) atoms. The molecule has 3 rings (SSSR count). The van der Waals surface area contributed by atoms with E-state index in [1.54, 1.807) is 6.92 Å². The van der Waals surface area contributed by atoms with Gasteiger partial charge in [0.05, 0.1) is 0 Å². The first kappa shape index (κ1) is 14.2. The monoisotopic (exact) mass is 277 g/mol. The fourth-order valence-corrected chi connectivity index (χ4v) is 5.68. The normalized spacial score (nSPS) is 43.6. The first-order chi connectivity index (χ1) is 9.63. The number of rotatable bonds is 2. The third-order valence-corrected chi connectivity index (χ3v) is 6.34. The van der Waals surface area contributed by atoms with Crippen molar-refractivity contribution in [1.29, 1.82) is 0 Å². The zero-order chi connectivity index (χ0) is 14.2. The van der Waals surface area contributed by atoms with Crippen molar-refractivity contribution in [2.75, 3.05) is 0 Å². The van der Waals surface area contributed by atoms with Crippen molar-refractivity contribution < 1.29 is 5.11 Å². The predicted octanol–water partition coefficient (Wildman–Crippen LogP) is 4.64. The SMILES string of the molecule is CC(O)(N=[N+]=[N-])C1C2CCCCC2CC2CCCCC21. The summed E-state index contributed by atoms with van der Waals surface area (Å²) in [6.07, 6.45) is 11.7. The highest BCUT2D eigenvalue weighted by Crippen LogP contribution is 2.56. The molecule has 0 aromatic rings. The van der Waals surface area contributed by atoms with Gasteiger partial charge in [-0.15, -0.1) is 0 Å². The van der Waals surface area contributed by atoms with E-state index in [4.69, 9.17) is 5.53 Å². The van der Waals surface area contributed by atoms with Crippen molar-refractivity contribution in [3.8, 4) is 0 Å². The standard InChI is InChI=1S/C16H27N3O/c1-16(20,18-19-17)15-13-8-4-2-6-11(13)10-12-7-3-5-9-14(12)15/h11-15,20H,2-10H2,1H3. The van der Waals surface area contributed by atoms with Crippen LogP contribution in [0.4, 0.5) is 0 Å². The minimum Gasteiger partial charge on any atom is -0.384 e. The van der Waals surface area contributed by atoms with Crippen LogP contribution in [0.1, 0.15) is 64.7 Å². The molecule has 1 N–H and O–H groups in total. The van der Waals surface area contributed by atoms with Crippen LogP contribution >= 0.6 is 0 Å². The Balaban J connectivity index is 1.93. The van der Waals surface area contributed by atoms with Gasteiger partial charge in [-0.3, -0.25) is 0 Å². The second kappa shape index (κ2) is 5.57. The van der Waals surface area contributed by atoms with Gasteiger partial charge in [0, 0.05) is 4.91 Å². The Bertz CT molecular complexity index is 381. The van der Waals surface area contributed by atoms with Gasteiger partial charge in [0.25, 0.3) is 0 Å². The molecule has 5 unspecified atom stereocenters. The summed E-state index contributed by atoms with van der Waals surface area (Å²) in [6.45, 7) is 1.75. The average Bonchev–Trinajstić information content (AvgIpc) is 2.44. The Morgan fingerprint density at radius 1 is 1.00 bits per heavy atom. The van der Waals surface area contributed by atoms with Crippen molar-refractivity contribution in [3.05, 3.63) is 10.4 Å². The van der Waals surface area contributed by atoms with E-state index >= 15 is 0 Å². The summed E-state index contributed by atoms with van der Waals surface area (Å²) in [5, 5.41) is 14.6. The molecule has 0 amide bonds. The van der Waals surface area contributed by atoms with Gasteiger partial charge in [0.15, 0.2) is 0 Å². The van der Waals surface area contributed by atoms with Crippen molar-refractivity contribution in [2.24, 2.45) is 34.7 Å². The van der Waals surface area contributed by atoms with E-state index in [9.17, 15) is 5.11 Å². The maximum Gasteiger partial charge on any atom is 0.144 e. The van der Waals surface area contributed by atoms with E-state index in [0.717, 1.165) is 11.8 Å². The lowest BCUT2D eigenvalue weighted by Gasteiger charge is -2.54. The quantitative estimate of drug-likeness (QED) is 0.446. The maximum atomic E-state index is 10.8. The Kier molecular flexibility index (Phi) is 3.96. The van der Waals surface area contributed by atoms with E-state index in [2.05, 4.69) is 10.0 Å². The summed E-state index contributed by atoms with van der Waals surface area (Å²) in [6, 6.07) is 0. The second-order valence-electron chi connectivity index (χ2n) is 7.46. The Morgan fingerprint density at radius 3 is 2.00 bits per heavy atom. The van der Waals surface area contributed by atoms with E-state index in [1.165, 1.54) is 57.8 Å². The van der Waals surface area contributed by atoms with Crippen LogP contribution in [-0.4, -0.2) is 10.8 Å². The number of aliphatic hydroxyl groups is 1. The minimum atomic E-state index is -1.20. The van der Waals surface area contributed by atoms with Gasteiger partial charge in [0.1, 0.15) is 5.72 Å². The molecule has 0 aliphatic heterocycles. The molecule has 0 spiro atoms. The third-order valence-electron chi connectivity index (χ3n) is 6.34. The highest BCUT2D eigenvalue weighted by Gasteiger charge is 2.51. The summed E-state index contributed by atoms with van der Waals surface area (Å²) in [7, 11) is 0. The van der Waals surface area contributed by atoms with E-state index in [1.807, 2.05) is 0 Å². The molecule has 0 bridgehead atoms. The molecule has 0 radical (unpaired) electrons. The van der Waals surface area contributed by atoms with Crippen LogP contribution < -0.4 is 0 Å². The molecule has 5 atom stereocenters. The average molecular weight is 277 g/mol. The largest absolute Gasteiger partial charge is 0.384 e. The van der Waals surface area contributed by atoms with E-state index in [0.29, 0.717) is 11.8 Å². The molecule has 3 saturated carbocycles. The van der Waals surface area contributed by atoms with Crippen molar-refractivity contribution in [1.82, 2.24) is 0 Å². The molecule has 4 heteroatoms. The lowest BCUT2D eigenvalue weighted by atomic mass is 9.53. The number of azide groups is 1. The zero-order valence-corrected chi connectivity index (χ0v) is 12.5. The molecule has 3 fully saturated rings. The van der Waals surface area contributed by atoms with Gasteiger partial charge in [-0.2, -0.15) is 0 Å². The molecule has 3 aliphatic carbocycles. The van der Waals surface area contributed by atoms with Gasteiger partial charge in [-0.05, 0) is 61.3 Å². The molecule has 0 heterocycles. The highest BCUT2D eigenvalue weighted by atomic mass is 16.3. The van der Waals surface area contributed by atoms with Gasteiger partial charge in [-0.1, -0.05) is 43.6 Å². The summed E-state index contributed by atoms with van der Waals surface area (Å²) in [5.74, 6) is 2.84. The molecule has 0 aromatic carbocycles. The zero-order valence-electron chi connectivity index (χ0n) is 12.5. The van der Waals surface area contributed by atoms with Crippen LogP contribution in [0.25, 0.3) is 10.4 Å². The van der Waals surface area contributed by atoms with Gasteiger partial charge >= 0.3 is 0 Å². The second-order valence-corrected chi connectivity index (χ2v) is 7.46. The first-order valence-corrected chi connectivity index (χ1v) is 8.42.